The molecule has 0 saturated heterocycles. The number of nitrogens with one attached hydrogen (secondary N) is 1. The van der Waals surface area contributed by atoms with Gasteiger partial charge in [-0.25, -0.2) is 0 Å². The van der Waals surface area contributed by atoms with E-state index >= 15 is 0 Å². The molecule has 13 heavy (non-hydrogen) atoms. The quantitative estimate of drug-likeness (QED) is 0.764. The number of hydrogen-bond donors (Lipinski definition) is 1. The van der Waals surface area contributed by atoms with Crippen LogP contribution in [0.4, 0.5) is 5.69 Å². The van der Waals surface area contributed by atoms with Crippen LogP contribution in [0.1, 0.15) is 18.9 Å². The lowest BCUT2D eigenvalue weighted by atomic mass is 10.2. The number of nitriles is 1. The molecule has 1 N–H and O–H groups in total. The van der Waals surface area contributed by atoms with Gasteiger partial charge in [-0.3, -0.25) is 0 Å². The Morgan fingerprint density at radius 3 is 2.92 bits per heavy atom. The van der Waals surface area contributed by atoms with Crippen molar-refractivity contribution in [2.45, 2.75) is 26.3 Å². The number of aryl methyl sites for hydroxylation is 1. The summed E-state index contributed by atoms with van der Waals surface area (Å²) in [6, 6.07) is 10.5. The highest BCUT2D eigenvalue weighted by Crippen LogP contribution is 2.11. The summed E-state index contributed by atoms with van der Waals surface area (Å²) in [6.45, 7) is 4.06. The van der Waals surface area contributed by atoms with Gasteiger partial charge in [0, 0.05) is 11.7 Å². The molecule has 0 saturated carbocycles. The lowest BCUT2D eigenvalue weighted by Gasteiger charge is -2.11. The first kappa shape index (κ1) is 9.60. The van der Waals surface area contributed by atoms with Gasteiger partial charge in [-0.2, -0.15) is 5.26 Å². The van der Waals surface area contributed by atoms with Gasteiger partial charge >= 0.3 is 0 Å². The summed E-state index contributed by atoms with van der Waals surface area (Å²) in [7, 11) is 0. The monoisotopic (exact) mass is 174 g/mol. The molecule has 0 aromatic heterocycles. The SMILES string of the molecule is Cc1cccc(NC(C)CC#N)c1. The van der Waals surface area contributed by atoms with E-state index < -0.39 is 0 Å². The van der Waals surface area contributed by atoms with E-state index in [1.165, 1.54) is 5.56 Å². The predicted molar refractivity (Wildman–Crippen MR) is 54.5 cm³/mol. The van der Waals surface area contributed by atoms with E-state index in [1.807, 2.05) is 19.1 Å². The van der Waals surface area contributed by atoms with Crippen molar-refractivity contribution >= 4 is 5.69 Å². The largest absolute Gasteiger partial charge is 0.382 e. The van der Waals surface area contributed by atoms with Gasteiger partial charge in [0.15, 0.2) is 0 Å². The van der Waals surface area contributed by atoms with Crippen LogP contribution < -0.4 is 5.32 Å². The molecule has 0 heterocycles. The van der Waals surface area contributed by atoms with Crippen molar-refractivity contribution in [2.24, 2.45) is 0 Å². The highest BCUT2D eigenvalue weighted by atomic mass is 14.9. The van der Waals surface area contributed by atoms with Gasteiger partial charge in [0.2, 0.25) is 0 Å². The van der Waals surface area contributed by atoms with E-state index in [2.05, 4.69) is 30.4 Å². The number of rotatable bonds is 3. The van der Waals surface area contributed by atoms with Crippen LogP contribution in [-0.4, -0.2) is 6.04 Å². The third kappa shape index (κ3) is 3.16. The molecule has 0 fully saturated rings. The van der Waals surface area contributed by atoms with Crippen molar-refractivity contribution in [3.63, 3.8) is 0 Å². The number of nitrogens with zero attached hydrogens (tertiary/aromatic N) is 1. The first-order valence-electron chi connectivity index (χ1n) is 4.42. The maximum Gasteiger partial charge on any atom is 0.0643 e. The Kier molecular flexibility index (Phi) is 3.33. The van der Waals surface area contributed by atoms with Crippen LogP contribution in [0.25, 0.3) is 0 Å². The smallest absolute Gasteiger partial charge is 0.0643 e. The summed E-state index contributed by atoms with van der Waals surface area (Å²) in [4.78, 5) is 0. The molecule has 0 bridgehead atoms. The molecule has 68 valence electrons. The molecule has 0 aliphatic carbocycles. The minimum absolute atomic E-state index is 0.215. The van der Waals surface area contributed by atoms with Crippen LogP contribution in [0.5, 0.6) is 0 Å². The zero-order valence-corrected chi connectivity index (χ0v) is 8.04. The summed E-state index contributed by atoms with van der Waals surface area (Å²) < 4.78 is 0. The average Bonchev–Trinajstić information content (AvgIpc) is 2.04. The van der Waals surface area contributed by atoms with Crippen LogP contribution in [0.3, 0.4) is 0 Å². The van der Waals surface area contributed by atoms with Gasteiger partial charge in [-0.1, -0.05) is 12.1 Å². The molecular formula is C11H14N2. The Morgan fingerprint density at radius 1 is 1.54 bits per heavy atom. The Labute approximate surface area is 79.2 Å². The van der Waals surface area contributed by atoms with E-state index in [9.17, 15) is 0 Å². The van der Waals surface area contributed by atoms with Gasteiger partial charge in [0.1, 0.15) is 0 Å². The third-order valence-electron chi connectivity index (χ3n) is 1.83. The molecule has 1 rings (SSSR count). The van der Waals surface area contributed by atoms with Gasteiger partial charge in [-0.05, 0) is 31.5 Å². The third-order valence-corrected chi connectivity index (χ3v) is 1.83. The van der Waals surface area contributed by atoms with E-state index in [-0.39, 0.29) is 6.04 Å². The van der Waals surface area contributed by atoms with Crippen molar-refractivity contribution in [3.8, 4) is 6.07 Å². The summed E-state index contributed by atoms with van der Waals surface area (Å²) in [6.07, 6.45) is 0.536. The molecule has 0 spiro atoms. The van der Waals surface area contributed by atoms with Crippen LogP contribution in [-0.2, 0) is 0 Å². The van der Waals surface area contributed by atoms with Crippen molar-refractivity contribution in [1.82, 2.24) is 0 Å². The van der Waals surface area contributed by atoms with Crippen LogP contribution in [0.15, 0.2) is 24.3 Å². The standard InChI is InChI=1S/C11H14N2/c1-9-4-3-5-11(8-9)13-10(2)6-7-12/h3-5,8,10,13H,6H2,1-2H3. The molecule has 2 nitrogen and oxygen atoms in total. The lowest BCUT2D eigenvalue weighted by molar-refractivity contribution is 0.821. The van der Waals surface area contributed by atoms with Gasteiger partial charge in [-0.15, -0.1) is 0 Å². The first-order valence-corrected chi connectivity index (χ1v) is 4.42. The highest BCUT2D eigenvalue weighted by molar-refractivity contribution is 5.46. The predicted octanol–water partition coefficient (Wildman–Crippen LogP) is 2.71. The molecule has 1 atom stereocenters. The number of hydrogen-bond acceptors (Lipinski definition) is 2. The van der Waals surface area contributed by atoms with E-state index in [1.54, 1.807) is 0 Å². The zero-order chi connectivity index (χ0) is 9.68. The number of anilines is 1. The average molecular weight is 174 g/mol. The fourth-order valence-electron chi connectivity index (χ4n) is 1.21. The second-order valence-electron chi connectivity index (χ2n) is 3.28. The van der Waals surface area contributed by atoms with Crippen molar-refractivity contribution in [2.75, 3.05) is 5.32 Å². The summed E-state index contributed by atoms with van der Waals surface area (Å²) >= 11 is 0. The Bertz CT molecular complexity index is 312. The Hall–Kier alpha value is -1.49. The van der Waals surface area contributed by atoms with Crippen molar-refractivity contribution < 1.29 is 0 Å². The normalized spacial score (nSPS) is 11.8. The first-order chi connectivity index (χ1) is 6.22. The molecule has 0 radical (unpaired) electrons. The van der Waals surface area contributed by atoms with Crippen LogP contribution in [0.2, 0.25) is 0 Å². The second kappa shape index (κ2) is 4.51. The fourth-order valence-corrected chi connectivity index (χ4v) is 1.21. The molecule has 0 aliphatic heterocycles. The van der Waals surface area contributed by atoms with Gasteiger partial charge < -0.3 is 5.32 Å². The summed E-state index contributed by atoms with van der Waals surface area (Å²) in [5.74, 6) is 0. The van der Waals surface area contributed by atoms with Crippen molar-refractivity contribution in [3.05, 3.63) is 29.8 Å². The van der Waals surface area contributed by atoms with E-state index in [4.69, 9.17) is 5.26 Å². The summed E-state index contributed by atoms with van der Waals surface area (Å²) in [5, 5.41) is 11.7. The number of benzene rings is 1. The van der Waals surface area contributed by atoms with Gasteiger partial charge in [0.25, 0.3) is 0 Å². The molecule has 0 amide bonds. The topological polar surface area (TPSA) is 35.8 Å². The minimum Gasteiger partial charge on any atom is -0.382 e. The molecule has 1 aromatic carbocycles. The molecule has 1 unspecified atom stereocenters. The van der Waals surface area contributed by atoms with Gasteiger partial charge in [0.05, 0.1) is 12.5 Å². The Morgan fingerprint density at radius 2 is 2.31 bits per heavy atom. The highest BCUT2D eigenvalue weighted by Gasteiger charge is 1.99. The molecule has 0 aliphatic rings. The zero-order valence-electron chi connectivity index (χ0n) is 8.04. The lowest BCUT2D eigenvalue weighted by Crippen LogP contribution is -2.13. The minimum atomic E-state index is 0.215. The van der Waals surface area contributed by atoms with Crippen LogP contribution in [0, 0.1) is 18.3 Å². The Balaban J connectivity index is 2.59. The fraction of sp³-hybridized carbons (Fsp3) is 0.364. The van der Waals surface area contributed by atoms with Crippen LogP contribution >= 0.6 is 0 Å². The van der Waals surface area contributed by atoms with Crippen molar-refractivity contribution in [1.29, 1.82) is 5.26 Å². The molecule has 1 aromatic rings. The van der Waals surface area contributed by atoms with E-state index in [0.29, 0.717) is 6.42 Å². The maximum absolute atomic E-state index is 8.48. The maximum atomic E-state index is 8.48. The second-order valence-corrected chi connectivity index (χ2v) is 3.28. The van der Waals surface area contributed by atoms with E-state index in [0.717, 1.165) is 5.69 Å². The molecule has 2 heteroatoms. The molecular weight excluding hydrogens is 160 g/mol. The summed E-state index contributed by atoms with van der Waals surface area (Å²) in [5.41, 5.74) is 2.32.